The van der Waals surface area contributed by atoms with Crippen molar-refractivity contribution in [3.63, 3.8) is 0 Å². The van der Waals surface area contributed by atoms with E-state index in [1.807, 2.05) is 18.2 Å². The molecule has 0 saturated carbocycles. The number of amides is 2. The van der Waals surface area contributed by atoms with Gasteiger partial charge in [-0.3, -0.25) is 14.6 Å². The SMILES string of the molecule is CC1CCCN(C(=O)C(=O)Nc2ccc3nc(-c4ccccn4)[nH]c3c2)C1. The number of benzene rings is 1. The van der Waals surface area contributed by atoms with Crippen LogP contribution in [0.25, 0.3) is 22.6 Å². The van der Waals surface area contributed by atoms with Crippen LogP contribution in [0.2, 0.25) is 0 Å². The van der Waals surface area contributed by atoms with Gasteiger partial charge in [0.25, 0.3) is 0 Å². The summed E-state index contributed by atoms with van der Waals surface area (Å²) in [6, 6.07) is 10.9. The second kappa shape index (κ2) is 7.19. The van der Waals surface area contributed by atoms with Gasteiger partial charge in [-0.05, 0) is 49.1 Å². The van der Waals surface area contributed by atoms with Gasteiger partial charge < -0.3 is 15.2 Å². The molecule has 0 radical (unpaired) electrons. The lowest BCUT2D eigenvalue weighted by Gasteiger charge is -2.30. The van der Waals surface area contributed by atoms with E-state index >= 15 is 0 Å². The molecule has 3 aromatic rings. The van der Waals surface area contributed by atoms with E-state index in [4.69, 9.17) is 0 Å². The van der Waals surface area contributed by atoms with Crippen LogP contribution >= 0.6 is 0 Å². The molecule has 7 heteroatoms. The second-order valence-electron chi connectivity index (χ2n) is 6.99. The molecular weight excluding hydrogens is 342 g/mol. The number of carbonyl (C=O) groups excluding carboxylic acids is 2. The number of nitrogens with one attached hydrogen (secondary N) is 2. The molecule has 7 nitrogen and oxygen atoms in total. The quantitative estimate of drug-likeness (QED) is 0.685. The largest absolute Gasteiger partial charge is 0.337 e. The zero-order chi connectivity index (χ0) is 18.8. The van der Waals surface area contributed by atoms with E-state index in [0.717, 1.165) is 29.6 Å². The predicted molar refractivity (Wildman–Crippen MR) is 103 cm³/mol. The minimum absolute atomic E-state index is 0.432. The summed E-state index contributed by atoms with van der Waals surface area (Å²) in [5.74, 6) is 0.0164. The fourth-order valence-corrected chi connectivity index (χ4v) is 3.41. The Labute approximate surface area is 156 Å². The van der Waals surface area contributed by atoms with Gasteiger partial charge in [-0.15, -0.1) is 0 Å². The zero-order valence-corrected chi connectivity index (χ0v) is 15.1. The Morgan fingerprint density at radius 1 is 1.26 bits per heavy atom. The van der Waals surface area contributed by atoms with Crippen molar-refractivity contribution >= 4 is 28.5 Å². The van der Waals surface area contributed by atoms with Crippen LogP contribution in [0.1, 0.15) is 19.8 Å². The van der Waals surface area contributed by atoms with Gasteiger partial charge in [0.1, 0.15) is 5.69 Å². The van der Waals surface area contributed by atoms with Crippen molar-refractivity contribution in [2.45, 2.75) is 19.8 Å². The topological polar surface area (TPSA) is 91.0 Å². The second-order valence-corrected chi connectivity index (χ2v) is 6.99. The van der Waals surface area contributed by atoms with Crippen molar-refractivity contribution in [3.8, 4) is 11.5 Å². The minimum atomic E-state index is -0.604. The number of rotatable bonds is 2. The van der Waals surface area contributed by atoms with Gasteiger partial charge in [0, 0.05) is 25.0 Å². The zero-order valence-electron chi connectivity index (χ0n) is 15.1. The lowest BCUT2D eigenvalue weighted by atomic mass is 10.0. The van der Waals surface area contributed by atoms with Crippen molar-refractivity contribution < 1.29 is 9.59 Å². The molecule has 1 aliphatic rings. The molecule has 0 bridgehead atoms. The third-order valence-electron chi connectivity index (χ3n) is 4.79. The number of fused-ring (bicyclic) bond motifs is 1. The Bertz CT molecular complexity index is 982. The highest BCUT2D eigenvalue weighted by Gasteiger charge is 2.26. The monoisotopic (exact) mass is 363 g/mol. The minimum Gasteiger partial charge on any atom is -0.337 e. The van der Waals surface area contributed by atoms with E-state index in [-0.39, 0.29) is 0 Å². The number of hydrogen-bond acceptors (Lipinski definition) is 4. The maximum atomic E-state index is 12.4. The summed E-state index contributed by atoms with van der Waals surface area (Å²) in [4.78, 5) is 38.4. The van der Waals surface area contributed by atoms with Crippen LogP contribution < -0.4 is 5.32 Å². The van der Waals surface area contributed by atoms with Crippen LogP contribution in [0.4, 0.5) is 5.69 Å². The van der Waals surface area contributed by atoms with Crippen molar-refractivity contribution in [2.75, 3.05) is 18.4 Å². The molecule has 138 valence electrons. The number of anilines is 1. The highest BCUT2D eigenvalue weighted by Crippen LogP contribution is 2.22. The van der Waals surface area contributed by atoms with Crippen LogP contribution in [0, 0.1) is 5.92 Å². The number of likely N-dealkylation sites (tertiary alicyclic amines) is 1. The molecular formula is C20H21N5O2. The molecule has 0 aliphatic carbocycles. The highest BCUT2D eigenvalue weighted by molar-refractivity contribution is 6.39. The Morgan fingerprint density at radius 2 is 2.15 bits per heavy atom. The van der Waals surface area contributed by atoms with E-state index in [0.29, 0.717) is 30.5 Å². The molecule has 27 heavy (non-hydrogen) atoms. The predicted octanol–water partition coefficient (Wildman–Crippen LogP) is 2.82. The molecule has 4 rings (SSSR count). The summed E-state index contributed by atoms with van der Waals surface area (Å²) in [7, 11) is 0. The average Bonchev–Trinajstić information content (AvgIpc) is 3.11. The molecule has 0 spiro atoms. The highest BCUT2D eigenvalue weighted by atomic mass is 16.2. The normalized spacial score (nSPS) is 17.1. The lowest BCUT2D eigenvalue weighted by molar-refractivity contribution is -0.144. The molecule has 1 aromatic carbocycles. The smallest absolute Gasteiger partial charge is 0.313 e. The maximum absolute atomic E-state index is 12.4. The molecule has 2 aromatic heterocycles. The van der Waals surface area contributed by atoms with Gasteiger partial charge in [-0.2, -0.15) is 0 Å². The molecule has 1 saturated heterocycles. The summed E-state index contributed by atoms with van der Waals surface area (Å²) < 4.78 is 0. The van der Waals surface area contributed by atoms with Gasteiger partial charge in [0.15, 0.2) is 5.82 Å². The first-order valence-corrected chi connectivity index (χ1v) is 9.11. The standard InChI is InChI=1S/C20H21N5O2/c1-13-5-4-10-25(12-13)20(27)19(26)22-14-7-8-15-17(11-14)24-18(23-15)16-6-2-3-9-21-16/h2-3,6-9,11,13H,4-5,10,12H2,1H3,(H,22,26)(H,23,24). The van der Waals surface area contributed by atoms with Crippen molar-refractivity contribution in [2.24, 2.45) is 5.92 Å². The third kappa shape index (κ3) is 3.67. The van der Waals surface area contributed by atoms with Crippen molar-refractivity contribution in [1.29, 1.82) is 0 Å². The number of pyridine rings is 1. The fourth-order valence-electron chi connectivity index (χ4n) is 3.41. The summed E-state index contributed by atoms with van der Waals surface area (Å²) in [6.45, 7) is 3.38. The number of aromatic amines is 1. The average molecular weight is 363 g/mol. The Hall–Kier alpha value is -3.22. The number of aromatic nitrogens is 3. The van der Waals surface area contributed by atoms with E-state index in [1.54, 1.807) is 29.3 Å². The van der Waals surface area contributed by atoms with Gasteiger partial charge in [0.05, 0.1) is 11.0 Å². The van der Waals surface area contributed by atoms with E-state index in [9.17, 15) is 9.59 Å². The van der Waals surface area contributed by atoms with E-state index in [1.165, 1.54) is 0 Å². The first-order valence-electron chi connectivity index (χ1n) is 9.11. The summed E-state index contributed by atoms with van der Waals surface area (Å²) in [5.41, 5.74) is 2.84. The van der Waals surface area contributed by atoms with Crippen LogP contribution in [0.15, 0.2) is 42.6 Å². The number of hydrogen-bond donors (Lipinski definition) is 2. The van der Waals surface area contributed by atoms with E-state index in [2.05, 4.69) is 27.2 Å². The fraction of sp³-hybridized carbons (Fsp3) is 0.300. The van der Waals surface area contributed by atoms with Gasteiger partial charge in [0.2, 0.25) is 0 Å². The molecule has 1 fully saturated rings. The molecule has 1 unspecified atom stereocenters. The molecule has 3 heterocycles. The van der Waals surface area contributed by atoms with Gasteiger partial charge in [-0.1, -0.05) is 13.0 Å². The first kappa shape index (κ1) is 17.2. The third-order valence-corrected chi connectivity index (χ3v) is 4.79. The first-order chi connectivity index (χ1) is 13.1. The number of carbonyl (C=O) groups is 2. The summed E-state index contributed by atoms with van der Waals surface area (Å²) >= 11 is 0. The Morgan fingerprint density at radius 3 is 2.93 bits per heavy atom. The van der Waals surface area contributed by atoms with Gasteiger partial charge >= 0.3 is 11.8 Å². The molecule has 1 aliphatic heterocycles. The number of imidazole rings is 1. The molecule has 2 N–H and O–H groups in total. The summed E-state index contributed by atoms with van der Waals surface area (Å²) in [6.07, 6.45) is 3.75. The molecule has 1 atom stereocenters. The van der Waals surface area contributed by atoms with Gasteiger partial charge in [-0.25, -0.2) is 4.98 Å². The Kier molecular flexibility index (Phi) is 4.58. The van der Waals surface area contributed by atoms with Crippen molar-refractivity contribution in [1.82, 2.24) is 19.9 Å². The molecule has 2 amide bonds. The number of H-pyrrole nitrogens is 1. The van der Waals surface area contributed by atoms with Crippen LogP contribution in [0.3, 0.4) is 0 Å². The summed E-state index contributed by atoms with van der Waals surface area (Å²) in [5, 5.41) is 2.70. The van der Waals surface area contributed by atoms with Crippen LogP contribution in [-0.2, 0) is 9.59 Å². The number of piperidine rings is 1. The van der Waals surface area contributed by atoms with Crippen molar-refractivity contribution in [3.05, 3.63) is 42.6 Å². The Balaban J connectivity index is 1.50. The van der Waals surface area contributed by atoms with Crippen LogP contribution in [0.5, 0.6) is 0 Å². The van der Waals surface area contributed by atoms with E-state index < -0.39 is 11.8 Å². The number of nitrogens with zero attached hydrogens (tertiary/aromatic N) is 3. The van der Waals surface area contributed by atoms with Crippen LogP contribution in [-0.4, -0.2) is 44.8 Å². The maximum Gasteiger partial charge on any atom is 0.313 e. The lowest BCUT2D eigenvalue weighted by Crippen LogP contribution is -2.44.